The van der Waals surface area contributed by atoms with Gasteiger partial charge in [0, 0.05) is 18.0 Å². The summed E-state index contributed by atoms with van der Waals surface area (Å²) in [4.78, 5) is 13.6. The largest absolute Gasteiger partial charge is 0.497 e. The molecule has 0 aliphatic carbocycles. The molecule has 2 aromatic carbocycles. The smallest absolute Gasteiger partial charge is 0.252 e. The molecule has 2 heterocycles. The van der Waals surface area contributed by atoms with Crippen LogP contribution in [0.25, 0.3) is 10.8 Å². The van der Waals surface area contributed by atoms with Crippen molar-refractivity contribution >= 4 is 38.0 Å². The molecule has 1 aliphatic heterocycles. The Morgan fingerprint density at radius 3 is 2.53 bits per heavy atom. The first-order valence-corrected chi connectivity index (χ1v) is 13.1. The monoisotopic (exact) mass is 472 g/mol. The number of carbonyl (C=O) groups excluding carboxylic acids is 1. The highest BCUT2D eigenvalue weighted by atomic mass is 32.2. The Hall–Kier alpha value is -2.42. The molecule has 0 unspecified atom stereocenters. The molecule has 1 aliphatic rings. The highest BCUT2D eigenvalue weighted by molar-refractivity contribution is 7.91. The molecule has 1 saturated heterocycles. The van der Waals surface area contributed by atoms with Gasteiger partial charge in [0.05, 0.1) is 19.6 Å². The molecule has 0 bridgehead atoms. The second-order valence-electron chi connectivity index (χ2n) is 8.10. The maximum atomic E-state index is 12.8. The third kappa shape index (κ3) is 4.82. The molecule has 6 nitrogen and oxygen atoms in total. The SMILES string of the molecule is COc1ccc2cc([C@H](C)C(=O)NCc3ccc(S(=O)(=O)N4CCCCC4)s3)ccc2c1. The average Bonchev–Trinajstić information content (AvgIpc) is 3.32. The summed E-state index contributed by atoms with van der Waals surface area (Å²) in [6.07, 6.45) is 2.90. The van der Waals surface area contributed by atoms with Gasteiger partial charge in [0.25, 0.3) is 10.0 Å². The highest BCUT2D eigenvalue weighted by Gasteiger charge is 2.27. The van der Waals surface area contributed by atoms with Crippen molar-refractivity contribution in [2.75, 3.05) is 20.2 Å². The fourth-order valence-electron chi connectivity index (χ4n) is 3.94. The molecule has 3 aromatic rings. The Kier molecular flexibility index (Phi) is 6.83. The maximum Gasteiger partial charge on any atom is 0.252 e. The average molecular weight is 473 g/mol. The standard InChI is InChI=1S/C24H28N2O4S2/c1-17(18-6-7-20-15-21(30-2)9-8-19(20)14-18)24(27)25-16-22-10-11-23(31-22)32(28,29)26-12-4-3-5-13-26/h6-11,14-15,17H,3-5,12-13,16H2,1-2H3,(H,25,27)/t17-/m0/s1. The van der Waals surface area contributed by atoms with Gasteiger partial charge in [-0.3, -0.25) is 4.79 Å². The zero-order valence-electron chi connectivity index (χ0n) is 18.3. The quantitative estimate of drug-likeness (QED) is 0.549. The van der Waals surface area contributed by atoms with E-state index in [4.69, 9.17) is 4.74 Å². The number of sulfonamides is 1. The first-order chi connectivity index (χ1) is 15.4. The van der Waals surface area contributed by atoms with E-state index in [0.717, 1.165) is 46.2 Å². The molecule has 32 heavy (non-hydrogen) atoms. The van der Waals surface area contributed by atoms with Gasteiger partial charge in [-0.15, -0.1) is 11.3 Å². The lowest BCUT2D eigenvalue weighted by Gasteiger charge is -2.25. The van der Waals surface area contributed by atoms with Gasteiger partial charge < -0.3 is 10.1 Å². The maximum absolute atomic E-state index is 12.8. The van der Waals surface area contributed by atoms with Gasteiger partial charge >= 0.3 is 0 Å². The number of amides is 1. The second kappa shape index (κ2) is 9.60. The van der Waals surface area contributed by atoms with Crippen molar-refractivity contribution in [2.45, 2.75) is 42.9 Å². The van der Waals surface area contributed by atoms with E-state index in [1.807, 2.05) is 43.3 Å². The first-order valence-electron chi connectivity index (χ1n) is 10.8. The van der Waals surface area contributed by atoms with Gasteiger partial charge in [0.2, 0.25) is 5.91 Å². The molecular formula is C24H28N2O4S2. The molecule has 1 fully saturated rings. The number of nitrogens with zero attached hydrogens (tertiary/aromatic N) is 1. The highest BCUT2D eigenvalue weighted by Crippen LogP contribution is 2.28. The van der Waals surface area contributed by atoms with E-state index in [2.05, 4.69) is 5.32 Å². The van der Waals surface area contributed by atoms with Crippen LogP contribution in [-0.2, 0) is 21.4 Å². The summed E-state index contributed by atoms with van der Waals surface area (Å²) in [6, 6.07) is 15.3. The van der Waals surface area contributed by atoms with Crippen LogP contribution in [0.5, 0.6) is 5.75 Å². The fraction of sp³-hybridized carbons (Fsp3) is 0.375. The zero-order chi connectivity index (χ0) is 22.7. The first kappa shape index (κ1) is 22.8. The number of methoxy groups -OCH3 is 1. The summed E-state index contributed by atoms with van der Waals surface area (Å²) in [5.41, 5.74) is 0.930. The normalized spacial score (nSPS) is 16.1. The second-order valence-corrected chi connectivity index (χ2v) is 11.4. The molecule has 8 heteroatoms. The Morgan fingerprint density at radius 1 is 1.06 bits per heavy atom. The van der Waals surface area contributed by atoms with Crippen LogP contribution >= 0.6 is 11.3 Å². The topological polar surface area (TPSA) is 75.7 Å². The number of benzene rings is 2. The third-order valence-electron chi connectivity index (χ3n) is 5.95. The third-order valence-corrected chi connectivity index (χ3v) is 9.40. The van der Waals surface area contributed by atoms with Crippen molar-refractivity contribution in [1.82, 2.24) is 9.62 Å². The molecule has 1 atom stereocenters. The number of fused-ring (bicyclic) bond motifs is 1. The van der Waals surface area contributed by atoms with E-state index in [0.29, 0.717) is 23.8 Å². The van der Waals surface area contributed by atoms with E-state index < -0.39 is 10.0 Å². The number of hydrogen-bond acceptors (Lipinski definition) is 5. The minimum absolute atomic E-state index is 0.0910. The lowest BCUT2D eigenvalue weighted by atomic mass is 9.97. The van der Waals surface area contributed by atoms with Gasteiger partial charge in [-0.05, 0) is 60.4 Å². The zero-order valence-corrected chi connectivity index (χ0v) is 20.0. The number of hydrogen-bond donors (Lipinski definition) is 1. The van der Waals surface area contributed by atoms with Crippen molar-refractivity contribution in [3.8, 4) is 5.75 Å². The Balaban J connectivity index is 1.40. The lowest BCUT2D eigenvalue weighted by Crippen LogP contribution is -2.35. The van der Waals surface area contributed by atoms with Gasteiger partial charge in [-0.25, -0.2) is 8.42 Å². The Bertz CT molecular complexity index is 1210. The van der Waals surface area contributed by atoms with Crippen LogP contribution < -0.4 is 10.1 Å². The van der Waals surface area contributed by atoms with Crippen molar-refractivity contribution in [3.63, 3.8) is 0 Å². The van der Waals surface area contributed by atoms with Crippen LogP contribution in [0.4, 0.5) is 0 Å². The van der Waals surface area contributed by atoms with E-state index in [9.17, 15) is 13.2 Å². The Morgan fingerprint density at radius 2 is 1.78 bits per heavy atom. The van der Waals surface area contributed by atoms with E-state index in [1.165, 1.54) is 11.3 Å². The molecule has 1 aromatic heterocycles. The summed E-state index contributed by atoms with van der Waals surface area (Å²) < 4.78 is 32.8. The van der Waals surface area contributed by atoms with Crippen molar-refractivity contribution in [3.05, 3.63) is 59.0 Å². The molecular weight excluding hydrogens is 444 g/mol. The van der Waals surface area contributed by atoms with E-state index in [-0.39, 0.29) is 11.8 Å². The summed E-state index contributed by atoms with van der Waals surface area (Å²) in [5.74, 6) is 0.387. The van der Waals surface area contributed by atoms with Crippen LogP contribution in [-0.4, -0.2) is 38.8 Å². The summed E-state index contributed by atoms with van der Waals surface area (Å²) in [7, 11) is -1.79. The predicted molar refractivity (Wildman–Crippen MR) is 128 cm³/mol. The molecule has 1 amide bonds. The van der Waals surface area contributed by atoms with Gasteiger partial charge in [0.1, 0.15) is 9.96 Å². The van der Waals surface area contributed by atoms with Crippen molar-refractivity contribution < 1.29 is 17.9 Å². The Labute approximate surface area is 193 Å². The molecule has 0 radical (unpaired) electrons. The van der Waals surface area contributed by atoms with Crippen LogP contribution in [0.15, 0.2) is 52.7 Å². The van der Waals surface area contributed by atoms with Crippen molar-refractivity contribution in [1.29, 1.82) is 0 Å². The summed E-state index contributed by atoms with van der Waals surface area (Å²) >= 11 is 1.23. The molecule has 0 spiro atoms. The van der Waals surface area contributed by atoms with Gasteiger partial charge in [-0.1, -0.05) is 30.7 Å². The molecule has 0 saturated carbocycles. The molecule has 170 valence electrons. The van der Waals surface area contributed by atoms with E-state index in [1.54, 1.807) is 23.5 Å². The minimum atomic E-state index is -3.43. The number of carbonyl (C=O) groups is 1. The molecule has 1 N–H and O–H groups in total. The number of thiophene rings is 1. The van der Waals surface area contributed by atoms with Crippen molar-refractivity contribution in [2.24, 2.45) is 0 Å². The number of rotatable bonds is 7. The number of piperidine rings is 1. The number of nitrogens with one attached hydrogen (secondary N) is 1. The van der Waals surface area contributed by atoms with Crippen LogP contribution in [0, 0.1) is 0 Å². The van der Waals surface area contributed by atoms with E-state index >= 15 is 0 Å². The lowest BCUT2D eigenvalue weighted by molar-refractivity contribution is -0.122. The van der Waals surface area contributed by atoms with Crippen LogP contribution in [0.1, 0.15) is 42.5 Å². The fourth-order valence-corrected chi connectivity index (χ4v) is 6.91. The van der Waals surface area contributed by atoms with Gasteiger partial charge in [-0.2, -0.15) is 4.31 Å². The number of ether oxygens (including phenoxy) is 1. The minimum Gasteiger partial charge on any atom is -0.497 e. The molecule has 4 rings (SSSR count). The van der Waals surface area contributed by atoms with Crippen LogP contribution in [0.2, 0.25) is 0 Å². The summed E-state index contributed by atoms with van der Waals surface area (Å²) in [5, 5.41) is 5.06. The summed E-state index contributed by atoms with van der Waals surface area (Å²) in [6.45, 7) is 3.36. The predicted octanol–water partition coefficient (Wildman–Crippen LogP) is 4.50. The van der Waals surface area contributed by atoms with Crippen LogP contribution in [0.3, 0.4) is 0 Å². The van der Waals surface area contributed by atoms with Gasteiger partial charge in [0.15, 0.2) is 0 Å².